The van der Waals surface area contributed by atoms with Gasteiger partial charge in [-0.2, -0.15) is 0 Å². The molecule has 0 aromatic rings. The van der Waals surface area contributed by atoms with Gasteiger partial charge in [-0.15, -0.1) is 0 Å². The van der Waals surface area contributed by atoms with Crippen LogP contribution < -0.4 is 0 Å². The van der Waals surface area contributed by atoms with E-state index >= 15 is 0 Å². The first kappa shape index (κ1) is 17.1. The summed E-state index contributed by atoms with van der Waals surface area (Å²) < 4.78 is 5.01. The Labute approximate surface area is 111 Å². The van der Waals surface area contributed by atoms with E-state index in [-0.39, 0.29) is 5.78 Å². The Bertz CT molecular complexity index is 241. The number of carbonyl (C=O) groups excluding carboxylic acids is 2. The zero-order chi connectivity index (χ0) is 14.0. The van der Waals surface area contributed by atoms with Crippen molar-refractivity contribution in [2.75, 3.05) is 6.61 Å². The number of carbonyl (C=O) groups is 2. The highest BCUT2D eigenvalue weighted by molar-refractivity contribution is 6.35. The first-order valence-electron chi connectivity index (χ1n) is 7.29. The fourth-order valence-electron chi connectivity index (χ4n) is 2.63. The van der Waals surface area contributed by atoms with E-state index in [9.17, 15) is 9.59 Å². The van der Waals surface area contributed by atoms with Crippen LogP contribution in [0.3, 0.4) is 0 Å². The molecule has 3 heteroatoms. The molecule has 0 radical (unpaired) electrons. The quantitative estimate of drug-likeness (QED) is 0.440. The predicted octanol–water partition coefficient (Wildman–Crippen LogP) is 3.90. The Morgan fingerprint density at radius 1 is 0.833 bits per heavy atom. The topological polar surface area (TPSA) is 43.4 Å². The molecule has 0 bridgehead atoms. The van der Waals surface area contributed by atoms with Crippen LogP contribution in [0.15, 0.2) is 0 Å². The number of ether oxygens (including phenoxy) is 1. The molecule has 0 saturated heterocycles. The van der Waals surface area contributed by atoms with Gasteiger partial charge in [-0.3, -0.25) is 4.79 Å². The molecule has 0 aliphatic carbocycles. The summed E-state index contributed by atoms with van der Waals surface area (Å²) in [5.41, 5.74) is -0.483. The minimum atomic E-state index is -0.632. The fraction of sp³-hybridized carbons (Fsp3) is 0.867. The minimum Gasteiger partial charge on any atom is -0.460 e. The molecule has 0 atom stereocenters. The van der Waals surface area contributed by atoms with Gasteiger partial charge in [0, 0.05) is 5.41 Å². The molecule has 106 valence electrons. The van der Waals surface area contributed by atoms with E-state index in [1.807, 2.05) is 6.92 Å². The molecule has 0 rings (SSSR count). The van der Waals surface area contributed by atoms with Crippen LogP contribution in [0.4, 0.5) is 0 Å². The summed E-state index contributed by atoms with van der Waals surface area (Å²) >= 11 is 0. The molecule has 0 N–H and O–H groups in total. The molecule has 0 heterocycles. The van der Waals surface area contributed by atoms with Crippen LogP contribution in [0.2, 0.25) is 0 Å². The van der Waals surface area contributed by atoms with E-state index in [0.29, 0.717) is 6.61 Å². The van der Waals surface area contributed by atoms with Crippen LogP contribution in [-0.2, 0) is 14.3 Å². The number of ketones is 1. The van der Waals surface area contributed by atoms with E-state index in [1.165, 1.54) is 0 Å². The fourth-order valence-corrected chi connectivity index (χ4v) is 2.63. The van der Waals surface area contributed by atoms with Crippen LogP contribution in [0.5, 0.6) is 0 Å². The second kappa shape index (κ2) is 9.12. The van der Waals surface area contributed by atoms with Crippen molar-refractivity contribution in [1.82, 2.24) is 0 Å². The lowest BCUT2D eigenvalue weighted by Crippen LogP contribution is -2.37. The maximum atomic E-state index is 12.4. The van der Waals surface area contributed by atoms with Crippen LogP contribution in [-0.4, -0.2) is 18.4 Å². The molecule has 0 unspecified atom stereocenters. The first-order valence-corrected chi connectivity index (χ1v) is 7.29. The van der Waals surface area contributed by atoms with E-state index in [0.717, 1.165) is 44.9 Å². The maximum absolute atomic E-state index is 12.4. The highest BCUT2D eigenvalue weighted by Crippen LogP contribution is 2.36. The standard InChI is InChI=1S/C15H28O3/c1-5-9-15(10-6-2,11-7-3)13(16)14(17)18-12-8-4/h5-12H2,1-4H3. The van der Waals surface area contributed by atoms with Crippen molar-refractivity contribution < 1.29 is 14.3 Å². The molecule has 0 fully saturated rings. The molecule has 0 aromatic carbocycles. The Morgan fingerprint density at radius 3 is 1.61 bits per heavy atom. The third kappa shape index (κ3) is 4.79. The Balaban J connectivity index is 4.89. The zero-order valence-corrected chi connectivity index (χ0v) is 12.4. The predicted molar refractivity (Wildman–Crippen MR) is 73.4 cm³/mol. The molecule has 0 aliphatic rings. The summed E-state index contributed by atoms with van der Waals surface area (Å²) in [7, 11) is 0. The molecular weight excluding hydrogens is 228 g/mol. The number of rotatable bonds is 10. The summed E-state index contributed by atoms with van der Waals surface area (Å²) in [6, 6.07) is 0. The summed E-state index contributed by atoms with van der Waals surface area (Å²) in [5, 5.41) is 0. The van der Waals surface area contributed by atoms with Gasteiger partial charge in [-0.25, -0.2) is 4.79 Å². The number of hydrogen-bond acceptors (Lipinski definition) is 3. The van der Waals surface area contributed by atoms with Crippen molar-refractivity contribution in [3.05, 3.63) is 0 Å². The largest absolute Gasteiger partial charge is 0.460 e. The van der Waals surface area contributed by atoms with Crippen LogP contribution in [0.25, 0.3) is 0 Å². The normalized spacial score (nSPS) is 11.3. The van der Waals surface area contributed by atoms with Gasteiger partial charge >= 0.3 is 5.97 Å². The summed E-state index contributed by atoms with van der Waals surface area (Å²) in [6.45, 7) is 8.44. The van der Waals surface area contributed by atoms with Crippen LogP contribution >= 0.6 is 0 Å². The third-order valence-corrected chi connectivity index (χ3v) is 3.29. The average Bonchev–Trinajstić information content (AvgIpc) is 2.35. The van der Waals surface area contributed by atoms with Crippen LogP contribution in [0.1, 0.15) is 72.6 Å². The summed E-state index contributed by atoms with van der Waals surface area (Å²) in [6.07, 6.45) is 5.88. The SMILES string of the molecule is CCCOC(=O)C(=O)C(CCC)(CCC)CCC. The summed E-state index contributed by atoms with van der Waals surface area (Å²) in [4.78, 5) is 24.2. The van der Waals surface area contributed by atoms with Crippen molar-refractivity contribution in [1.29, 1.82) is 0 Å². The lowest BCUT2D eigenvalue weighted by atomic mass is 9.72. The molecule has 18 heavy (non-hydrogen) atoms. The third-order valence-electron chi connectivity index (χ3n) is 3.29. The van der Waals surface area contributed by atoms with Gasteiger partial charge in [-0.05, 0) is 25.7 Å². The van der Waals surface area contributed by atoms with Gasteiger partial charge in [-0.1, -0.05) is 47.0 Å². The maximum Gasteiger partial charge on any atom is 0.375 e. The summed E-state index contributed by atoms with van der Waals surface area (Å²) in [5.74, 6) is -0.936. The van der Waals surface area contributed by atoms with E-state index < -0.39 is 11.4 Å². The highest BCUT2D eigenvalue weighted by Gasteiger charge is 2.40. The van der Waals surface area contributed by atoms with E-state index in [1.54, 1.807) is 0 Å². The minimum absolute atomic E-state index is 0.304. The first-order chi connectivity index (χ1) is 8.57. The zero-order valence-electron chi connectivity index (χ0n) is 12.4. The van der Waals surface area contributed by atoms with Crippen molar-refractivity contribution in [2.45, 2.75) is 72.6 Å². The number of Topliss-reactive ketones (excluding diaryl/α,β-unsaturated/α-hetero) is 1. The van der Waals surface area contributed by atoms with Crippen LogP contribution in [0, 0.1) is 5.41 Å². The van der Waals surface area contributed by atoms with Gasteiger partial charge in [0.05, 0.1) is 6.61 Å². The van der Waals surface area contributed by atoms with Crippen molar-refractivity contribution in [3.8, 4) is 0 Å². The van der Waals surface area contributed by atoms with Gasteiger partial charge < -0.3 is 4.74 Å². The van der Waals surface area contributed by atoms with Crippen molar-refractivity contribution in [2.24, 2.45) is 5.41 Å². The molecular formula is C15H28O3. The molecule has 3 nitrogen and oxygen atoms in total. The molecule has 0 amide bonds. The van der Waals surface area contributed by atoms with Gasteiger partial charge in [0.1, 0.15) is 0 Å². The Hall–Kier alpha value is -0.860. The Kier molecular flexibility index (Phi) is 8.69. The monoisotopic (exact) mass is 256 g/mol. The highest BCUT2D eigenvalue weighted by atomic mass is 16.5. The molecule has 0 aliphatic heterocycles. The second-order valence-electron chi connectivity index (χ2n) is 5.00. The number of hydrogen-bond donors (Lipinski definition) is 0. The van der Waals surface area contributed by atoms with E-state index in [2.05, 4.69) is 20.8 Å². The van der Waals surface area contributed by atoms with E-state index in [4.69, 9.17) is 4.74 Å². The Morgan fingerprint density at radius 2 is 1.28 bits per heavy atom. The lowest BCUT2D eigenvalue weighted by Gasteiger charge is -2.30. The van der Waals surface area contributed by atoms with Crippen molar-refractivity contribution in [3.63, 3.8) is 0 Å². The van der Waals surface area contributed by atoms with Gasteiger partial charge in [0.25, 0.3) is 0 Å². The molecule has 0 saturated carbocycles. The smallest absolute Gasteiger partial charge is 0.375 e. The molecule has 0 spiro atoms. The van der Waals surface area contributed by atoms with Crippen molar-refractivity contribution >= 4 is 11.8 Å². The second-order valence-corrected chi connectivity index (χ2v) is 5.00. The molecule has 0 aromatic heterocycles. The van der Waals surface area contributed by atoms with Gasteiger partial charge in [0.15, 0.2) is 0 Å². The lowest BCUT2D eigenvalue weighted by molar-refractivity contribution is -0.159. The number of esters is 1. The average molecular weight is 256 g/mol. The van der Waals surface area contributed by atoms with Gasteiger partial charge in [0.2, 0.25) is 5.78 Å².